The highest BCUT2D eigenvalue weighted by atomic mass is 16.7. The summed E-state index contributed by atoms with van der Waals surface area (Å²) in [5, 5.41) is 12.1. The van der Waals surface area contributed by atoms with Crippen molar-refractivity contribution in [3.63, 3.8) is 0 Å². The molecular formula is C31H59NO4. The van der Waals surface area contributed by atoms with Crippen molar-refractivity contribution in [2.75, 3.05) is 6.61 Å². The SMILES string of the molecule is CCCCCCCC/C=C/CCCCCCCC(=O)OC1CC(C)(C)N(OCC(C)(C)O)C(C)(C)C1. The van der Waals surface area contributed by atoms with Crippen molar-refractivity contribution >= 4 is 5.97 Å². The van der Waals surface area contributed by atoms with Crippen molar-refractivity contribution < 1.29 is 19.5 Å². The van der Waals surface area contributed by atoms with Gasteiger partial charge in [-0.1, -0.05) is 70.4 Å². The number of hydroxylamine groups is 2. The largest absolute Gasteiger partial charge is 0.462 e. The molecule has 212 valence electrons. The Labute approximate surface area is 223 Å². The van der Waals surface area contributed by atoms with Crippen LogP contribution >= 0.6 is 0 Å². The first-order valence-electron chi connectivity index (χ1n) is 14.9. The van der Waals surface area contributed by atoms with E-state index >= 15 is 0 Å². The van der Waals surface area contributed by atoms with E-state index in [1.165, 1.54) is 70.6 Å². The Kier molecular flexibility index (Phi) is 15.5. The van der Waals surface area contributed by atoms with E-state index in [1.807, 2.05) is 5.06 Å². The van der Waals surface area contributed by atoms with Crippen molar-refractivity contribution in [1.82, 2.24) is 5.06 Å². The fourth-order valence-electron chi connectivity index (χ4n) is 5.41. The average molecular weight is 510 g/mol. The smallest absolute Gasteiger partial charge is 0.306 e. The van der Waals surface area contributed by atoms with Gasteiger partial charge in [0.05, 0.1) is 12.2 Å². The van der Waals surface area contributed by atoms with E-state index in [9.17, 15) is 9.90 Å². The van der Waals surface area contributed by atoms with Gasteiger partial charge in [0.1, 0.15) is 6.10 Å². The van der Waals surface area contributed by atoms with Crippen LogP contribution < -0.4 is 0 Å². The topological polar surface area (TPSA) is 59.0 Å². The molecular weight excluding hydrogens is 450 g/mol. The number of piperidine rings is 1. The number of hydrogen-bond donors (Lipinski definition) is 1. The molecule has 1 aliphatic heterocycles. The third kappa shape index (κ3) is 14.7. The zero-order chi connectivity index (χ0) is 27.1. The zero-order valence-corrected chi connectivity index (χ0v) is 24.9. The minimum atomic E-state index is -0.889. The van der Waals surface area contributed by atoms with Crippen LogP contribution in [0.2, 0.25) is 0 Å². The van der Waals surface area contributed by atoms with Gasteiger partial charge < -0.3 is 9.84 Å². The van der Waals surface area contributed by atoms with Crippen LogP contribution in [-0.4, -0.2) is 45.5 Å². The molecule has 0 saturated carbocycles. The Morgan fingerprint density at radius 2 is 1.33 bits per heavy atom. The quantitative estimate of drug-likeness (QED) is 0.108. The number of allylic oxidation sites excluding steroid dienone is 2. The average Bonchev–Trinajstić information content (AvgIpc) is 2.73. The lowest BCUT2D eigenvalue weighted by molar-refractivity contribution is -0.306. The molecule has 0 aromatic rings. The van der Waals surface area contributed by atoms with E-state index in [1.54, 1.807) is 13.8 Å². The van der Waals surface area contributed by atoms with Gasteiger partial charge in [0.15, 0.2) is 0 Å². The maximum absolute atomic E-state index is 12.5. The molecule has 5 nitrogen and oxygen atoms in total. The first-order valence-corrected chi connectivity index (χ1v) is 14.9. The second-order valence-electron chi connectivity index (χ2n) is 12.9. The maximum Gasteiger partial charge on any atom is 0.306 e. The molecule has 0 spiro atoms. The Hall–Kier alpha value is -0.910. The number of unbranched alkanes of at least 4 members (excludes halogenated alkanes) is 11. The molecule has 0 unspecified atom stereocenters. The molecule has 1 N–H and O–H groups in total. The monoisotopic (exact) mass is 509 g/mol. The molecule has 0 aromatic carbocycles. The van der Waals surface area contributed by atoms with Crippen molar-refractivity contribution in [2.45, 2.75) is 174 Å². The first kappa shape index (κ1) is 33.1. The summed E-state index contributed by atoms with van der Waals surface area (Å²) >= 11 is 0. The number of aliphatic hydroxyl groups is 1. The summed E-state index contributed by atoms with van der Waals surface area (Å²) in [5.41, 5.74) is -1.47. The van der Waals surface area contributed by atoms with Gasteiger partial charge >= 0.3 is 5.97 Å². The van der Waals surface area contributed by atoms with Crippen molar-refractivity contribution in [3.05, 3.63) is 12.2 Å². The van der Waals surface area contributed by atoms with Gasteiger partial charge in [0.2, 0.25) is 0 Å². The lowest BCUT2D eigenvalue weighted by Gasteiger charge is -2.53. The highest BCUT2D eigenvalue weighted by molar-refractivity contribution is 5.69. The van der Waals surface area contributed by atoms with Crippen LogP contribution in [0.5, 0.6) is 0 Å². The van der Waals surface area contributed by atoms with Crippen LogP contribution in [-0.2, 0) is 14.4 Å². The number of carbonyl (C=O) groups excluding carboxylic acids is 1. The minimum Gasteiger partial charge on any atom is -0.462 e. The minimum absolute atomic E-state index is 0.0740. The van der Waals surface area contributed by atoms with Crippen LogP contribution in [0.3, 0.4) is 0 Å². The second-order valence-corrected chi connectivity index (χ2v) is 12.9. The molecule has 0 bridgehead atoms. The standard InChI is InChI=1S/C31H59NO4/c1-8-9-10-11-12-13-14-15-16-17-18-19-20-21-22-23-28(33)36-27-24-29(2,3)32(30(4,5)25-27)35-26-31(6,7)34/h15-16,27,34H,8-14,17-26H2,1-7H3/b16-15+. The predicted octanol–water partition coefficient (Wildman–Crippen LogP) is 8.29. The van der Waals surface area contributed by atoms with E-state index in [2.05, 4.69) is 46.8 Å². The van der Waals surface area contributed by atoms with E-state index < -0.39 is 5.60 Å². The second kappa shape index (κ2) is 16.8. The lowest BCUT2D eigenvalue weighted by atomic mass is 9.80. The third-order valence-corrected chi connectivity index (χ3v) is 7.04. The number of ether oxygens (including phenoxy) is 1. The fourth-order valence-corrected chi connectivity index (χ4v) is 5.41. The van der Waals surface area contributed by atoms with Crippen molar-refractivity contribution in [2.24, 2.45) is 0 Å². The summed E-state index contributed by atoms with van der Waals surface area (Å²) in [6, 6.07) is 0. The van der Waals surface area contributed by atoms with Gasteiger partial charge in [-0.15, -0.1) is 0 Å². The summed E-state index contributed by atoms with van der Waals surface area (Å²) in [5.74, 6) is -0.0740. The Balaban J connectivity index is 2.15. The normalized spacial score (nSPS) is 18.7. The van der Waals surface area contributed by atoms with Gasteiger partial charge in [-0.3, -0.25) is 9.63 Å². The molecule has 0 amide bonds. The molecule has 0 aromatic heterocycles. The number of carbonyl (C=O) groups is 1. The van der Waals surface area contributed by atoms with Gasteiger partial charge in [0.25, 0.3) is 0 Å². The molecule has 0 atom stereocenters. The molecule has 0 aliphatic carbocycles. The van der Waals surface area contributed by atoms with Crippen molar-refractivity contribution in [3.8, 4) is 0 Å². The van der Waals surface area contributed by atoms with Crippen LogP contribution in [0.15, 0.2) is 12.2 Å². The summed E-state index contributed by atoms with van der Waals surface area (Å²) in [6.07, 6.45) is 22.9. The Morgan fingerprint density at radius 1 is 0.861 bits per heavy atom. The summed E-state index contributed by atoms with van der Waals surface area (Å²) in [6.45, 7) is 14.5. The summed E-state index contributed by atoms with van der Waals surface area (Å²) in [4.78, 5) is 18.5. The molecule has 1 rings (SSSR count). The van der Waals surface area contributed by atoms with Crippen LogP contribution in [0, 0.1) is 0 Å². The van der Waals surface area contributed by atoms with E-state index in [4.69, 9.17) is 9.57 Å². The van der Waals surface area contributed by atoms with Gasteiger partial charge in [-0.2, -0.15) is 5.06 Å². The van der Waals surface area contributed by atoms with Gasteiger partial charge in [0, 0.05) is 30.3 Å². The molecule has 5 heteroatoms. The van der Waals surface area contributed by atoms with Crippen LogP contribution in [0.1, 0.15) is 151 Å². The molecule has 1 aliphatic rings. The molecule has 0 radical (unpaired) electrons. The predicted molar refractivity (Wildman–Crippen MR) is 151 cm³/mol. The Morgan fingerprint density at radius 3 is 1.83 bits per heavy atom. The van der Waals surface area contributed by atoms with Crippen LogP contribution in [0.25, 0.3) is 0 Å². The highest BCUT2D eigenvalue weighted by Gasteiger charge is 2.48. The summed E-state index contributed by atoms with van der Waals surface area (Å²) < 4.78 is 5.90. The summed E-state index contributed by atoms with van der Waals surface area (Å²) in [7, 11) is 0. The third-order valence-electron chi connectivity index (χ3n) is 7.04. The highest BCUT2D eigenvalue weighted by Crippen LogP contribution is 2.40. The zero-order valence-electron chi connectivity index (χ0n) is 24.9. The van der Waals surface area contributed by atoms with Gasteiger partial charge in [-0.05, 0) is 73.6 Å². The van der Waals surface area contributed by atoms with Crippen LogP contribution in [0.4, 0.5) is 0 Å². The molecule has 1 fully saturated rings. The number of esters is 1. The molecule has 1 saturated heterocycles. The molecule has 1 heterocycles. The van der Waals surface area contributed by atoms with Gasteiger partial charge in [-0.25, -0.2) is 0 Å². The molecule has 36 heavy (non-hydrogen) atoms. The lowest BCUT2D eigenvalue weighted by Crippen LogP contribution is -2.62. The maximum atomic E-state index is 12.5. The number of rotatable bonds is 19. The Bertz CT molecular complexity index is 603. The number of nitrogens with zero attached hydrogens (tertiary/aromatic N) is 1. The fraction of sp³-hybridized carbons (Fsp3) is 0.903. The number of hydrogen-bond acceptors (Lipinski definition) is 5. The first-order chi connectivity index (χ1) is 16.9. The van der Waals surface area contributed by atoms with E-state index in [0.717, 1.165) is 25.7 Å². The van der Waals surface area contributed by atoms with E-state index in [-0.39, 0.29) is 29.8 Å². The van der Waals surface area contributed by atoms with Crippen molar-refractivity contribution in [1.29, 1.82) is 0 Å². The van der Waals surface area contributed by atoms with E-state index in [0.29, 0.717) is 6.42 Å².